The topological polar surface area (TPSA) is 75.3 Å². The molecule has 0 heterocycles. The molecule has 5 nitrogen and oxygen atoms in total. The average molecular weight is 350 g/mol. The van der Waals surface area contributed by atoms with Crippen molar-refractivity contribution < 1.29 is 14.4 Å². The summed E-state index contributed by atoms with van der Waals surface area (Å²) in [5.74, 6) is -0.607. The van der Waals surface area contributed by atoms with Crippen molar-refractivity contribution >= 4 is 23.3 Å². The van der Waals surface area contributed by atoms with Crippen LogP contribution in [0.2, 0.25) is 0 Å². The van der Waals surface area contributed by atoms with Gasteiger partial charge in [0, 0.05) is 17.8 Å². The lowest BCUT2D eigenvalue weighted by Crippen LogP contribution is -2.40. The van der Waals surface area contributed by atoms with Crippen LogP contribution in [0, 0.1) is 5.41 Å². The molecule has 26 heavy (non-hydrogen) atoms. The molecule has 1 fully saturated rings. The van der Waals surface area contributed by atoms with Gasteiger partial charge in [0.15, 0.2) is 5.78 Å². The number of rotatable bonds is 7. The molecule has 0 spiro atoms. The summed E-state index contributed by atoms with van der Waals surface area (Å²) in [4.78, 5) is 36.6. The molecule has 1 aliphatic rings. The van der Waals surface area contributed by atoms with E-state index >= 15 is 0 Å². The predicted octanol–water partition coefficient (Wildman–Crippen LogP) is 2.97. The van der Waals surface area contributed by atoms with Gasteiger partial charge in [-0.3, -0.25) is 14.4 Å². The molecule has 2 aromatic rings. The van der Waals surface area contributed by atoms with E-state index in [4.69, 9.17) is 0 Å². The molecule has 0 saturated heterocycles. The number of hydrogen-bond donors (Lipinski definition) is 2. The average Bonchev–Trinajstić information content (AvgIpc) is 3.45. The SMILES string of the molecule is CC(=O)c1cccc(NC(=O)C2(C(=O)NCCc3ccccc3)CC2)c1. The van der Waals surface area contributed by atoms with Crippen LogP contribution in [0.15, 0.2) is 54.6 Å². The van der Waals surface area contributed by atoms with Gasteiger partial charge in [-0.25, -0.2) is 0 Å². The first-order valence-electron chi connectivity index (χ1n) is 8.76. The third-order valence-corrected chi connectivity index (χ3v) is 4.69. The number of hydrogen-bond acceptors (Lipinski definition) is 3. The lowest BCUT2D eigenvalue weighted by Gasteiger charge is -2.16. The molecule has 3 rings (SSSR count). The quantitative estimate of drug-likeness (QED) is 0.595. The normalized spacial score (nSPS) is 14.3. The van der Waals surface area contributed by atoms with Gasteiger partial charge in [-0.1, -0.05) is 42.5 Å². The first-order chi connectivity index (χ1) is 12.5. The third kappa shape index (κ3) is 3.99. The van der Waals surface area contributed by atoms with Crippen molar-refractivity contribution in [2.45, 2.75) is 26.2 Å². The van der Waals surface area contributed by atoms with Gasteiger partial charge >= 0.3 is 0 Å². The molecule has 2 N–H and O–H groups in total. The molecule has 2 amide bonds. The van der Waals surface area contributed by atoms with E-state index in [1.807, 2.05) is 30.3 Å². The van der Waals surface area contributed by atoms with Crippen molar-refractivity contribution in [3.05, 3.63) is 65.7 Å². The van der Waals surface area contributed by atoms with Crippen molar-refractivity contribution in [2.24, 2.45) is 5.41 Å². The van der Waals surface area contributed by atoms with Crippen molar-refractivity contribution in [1.29, 1.82) is 0 Å². The minimum atomic E-state index is -0.983. The Labute approximate surface area is 152 Å². The number of nitrogens with one attached hydrogen (secondary N) is 2. The van der Waals surface area contributed by atoms with Crippen LogP contribution in [0.4, 0.5) is 5.69 Å². The van der Waals surface area contributed by atoms with Crippen LogP contribution in [0.3, 0.4) is 0 Å². The lowest BCUT2D eigenvalue weighted by molar-refractivity contribution is -0.134. The number of ketones is 1. The van der Waals surface area contributed by atoms with Crippen LogP contribution in [-0.4, -0.2) is 24.1 Å². The van der Waals surface area contributed by atoms with Gasteiger partial charge in [0.25, 0.3) is 0 Å². The summed E-state index contributed by atoms with van der Waals surface area (Å²) in [7, 11) is 0. The number of carbonyl (C=O) groups is 3. The van der Waals surface area contributed by atoms with E-state index in [2.05, 4.69) is 10.6 Å². The Balaban J connectivity index is 1.57. The van der Waals surface area contributed by atoms with E-state index < -0.39 is 5.41 Å². The van der Waals surface area contributed by atoms with Crippen molar-refractivity contribution in [2.75, 3.05) is 11.9 Å². The monoisotopic (exact) mass is 350 g/mol. The Bertz CT molecular complexity index is 826. The number of amides is 2. The van der Waals surface area contributed by atoms with Crippen molar-refractivity contribution in [3.63, 3.8) is 0 Å². The smallest absolute Gasteiger partial charge is 0.240 e. The van der Waals surface area contributed by atoms with Gasteiger partial charge in [-0.15, -0.1) is 0 Å². The van der Waals surface area contributed by atoms with E-state index in [9.17, 15) is 14.4 Å². The Morgan fingerprint density at radius 1 is 0.962 bits per heavy atom. The predicted molar refractivity (Wildman–Crippen MR) is 99.9 cm³/mol. The summed E-state index contributed by atoms with van der Waals surface area (Å²) in [6.45, 7) is 1.97. The maximum absolute atomic E-state index is 12.6. The van der Waals surface area contributed by atoms with Crippen LogP contribution in [0.1, 0.15) is 35.7 Å². The van der Waals surface area contributed by atoms with Crippen LogP contribution in [0.25, 0.3) is 0 Å². The van der Waals surface area contributed by atoms with E-state index in [0.29, 0.717) is 30.6 Å². The number of carbonyl (C=O) groups excluding carboxylic acids is 3. The zero-order valence-corrected chi connectivity index (χ0v) is 14.7. The van der Waals surface area contributed by atoms with E-state index in [0.717, 1.165) is 12.0 Å². The largest absolute Gasteiger partial charge is 0.355 e. The highest BCUT2D eigenvalue weighted by atomic mass is 16.2. The maximum Gasteiger partial charge on any atom is 0.240 e. The molecule has 0 bridgehead atoms. The number of Topliss-reactive ketones (excluding diaryl/α,β-unsaturated/α-hetero) is 1. The van der Waals surface area contributed by atoms with Crippen molar-refractivity contribution in [1.82, 2.24) is 5.32 Å². The van der Waals surface area contributed by atoms with Crippen LogP contribution in [-0.2, 0) is 16.0 Å². The fourth-order valence-electron chi connectivity index (χ4n) is 2.88. The molecule has 0 unspecified atom stereocenters. The van der Waals surface area contributed by atoms with Crippen LogP contribution in [0.5, 0.6) is 0 Å². The molecule has 134 valence electrons. The van der Waals surface area contributed by atoms with Crippen LogP contribution >= 0.6 is 0 Å². The molecule has 1 aliphatic carbocycles. The fraction of sp³-hybridized carbons (Fsp3) is 0.286. The highest BCUT2D eigenvalue weighted by molar-refractivity contribution is 6.13. The Kier molecular flexibility index (Phi) is 5.16. The highest BCUT2D eigenvalue weighted by Crippen LogP contribution is 2.46. The Morgan fingerprint density at radius 3 is 2.35 bits per heavy atom. The minimum Gasteiger partial charge on any atom is -0.355 e. The first-order valence-corrected chi connectivity index (χ1v) is 8.76. The molecule has 0 atom stereocenters. The summed E-state index contributed by atoms with van der Waals surface area (Å²) in [6.07, 6.45) is 1.82. The molecule has 1 saturated carbocycles. The second kappa shape index (κ2) is 7.52. The molecule has 0 aromatic heterocycles. The lowest BCUT2D eigenvalue weighted by atomic mass is 10.0. The molecule has 0 radical (unpaired) electrons. The Hall–Kier alpha value is -2.95. The molecule has 0 aliphatic heterocycles. The van der Waals surface area contributed by atoms with Gasteiger partial charge in [0.1, 0.15) is 5.41 Å². The highest BCUT2D eigenvalue weighted by Gasteiger charge is 2.56. The minimum absolute atomic E-state index is 0.0686. The van der Waals surface area contributed by atoms with Gasteiger partial charge in [0.05, 0.1) is 0 Å². The zero-order valence-electron chi connectivity index (χ0n) is 14.7. The van der Waals surface area contributed by atoms with Gasteiger partial charge in [-0.05, 0) is 43.9 Å². The molecular weight excluding hydrogens is 328 g/mol. The second-order valence-corrected chi connectivity index (χ2v) is 6.66. The summed E-state index contributed by atoms with van der Waals surface area (Å²) < 4.78 is 0. The third-order valence-electron chi connectivity index (χ3n) is 4.69. The molecular formula is C21H22N2O3. The van der Waals surface area contributed by atoms with E-state index in [1.165, 1.54) is 6.92 Å². The summed E-state index contributed by atoms with van der Waals surface area (Å²) in [5, 5.41) is 5.65. The maximum atomic E-state index is 12.6. The van der Waals surface area contributed by atoms with Crippen molar-refractivity contribution in [3.8, 4) is 0 Å². The summed E-state index contributed by atoms with van der Waals surface area (Å²) in [6, 6.07) is 16.6. The summed E-state index contributed by atoms with van der Waals surface area (Å²) >= 11 is 0. The molecule has 2 aromatic carbocycles. The van der Waals surface area contributed by atoms with E-state index in [-0.39, 0.29) is 17.6 Å². The second-order valence-electron chi connectivity index (χ2n) is 6.66. The molecule has 5 heteroatoms. The van der Waals surface area contributed by atoms with Gasteiger partial charge in [0.2, 0.25) is 11.8 Å². The standard InChI is InChI=1S/C21H22N2O3/c1-15(24)17-8-5-9-18(14-17)23-20(26)21(11-12-21)19(25)22-13-10-16-6-3-2-4-7-16/h2-9,14H,10-13H2,1H3,(H,22,25)(H,23,26). The van der Waals surface area contributed by atoms with E-state index in [1.54, 1.807) is 24.3 Å². The number of anilines is 1. The Morgan fingerprint density at radius 2 is 1.69 bits per heavy atom. The first kappa shape index (κ1) is 17.9. The summed E-state index contributed by atoms with van der Waals surface area (Å²) in [5.41, 5.74) is 1.22. The fourth-order valence-corrected chi connectivity index (χ4v) is 2.88. The zero-order chi connectivity index (χ0) is 18.6. The van der Waals surface area contributed by atoms with Gasteiger partial charge in [-0.2, -0.15) is 0 Å². The van der Waals surface area contributed by atoms with Crippen LogP contribution < -0.4 is 10.6 Å². The number of benzene rings is 2. The van der Waals surface area contributed by atoms with Gasteiger partial charge < -0.3 is 10.6 Å².